The number of anilines is 2. The Morgan fingerprint density at radius 3 is 2.22 bits per heavy atom. The van der Waals surface area contributed by atoms with Crippen LogP contribution in [0.2, 0.25) is 10.0 Å². The molecule has 0 radical (unpaired) electrons. The summed E-state index contributed by atoms with van der Waals surface area (Å²) in [5.74, 6) is -0.227. The SMILES string of the molecule is O=C(NC(=S)Nc1ccc(NC(=O)c2cc3ccccc3o2)cc1)c1ccc(-c2cc(Cl)ccc2Cl)o1. The Kier molecular flexibility index (Phi) is 6.96. The van der Waals surface area contributed by atoms with Crippen molar-refractivity contribution in [1.82, 2.24) is 5.32 Å². The molecule has 2 aromatic heterocycles. The van der Waals surface area contributed by atoms with E-state index >= 15 is 0 Å². The summed E-state index contributed by atoms with van der Waals surface area (Å²) in [6.07, 6.45) is 0. The van der Waals surface area contributed by atoms with Crippen LogP contribution in [0, 0.1) is 0 Å². The molecule has 0 aliphatic rings. The van der Waals surface area contributed by atoms with E-state index in [1.165, 1.54) is 6.07 Å². The number of hydrogen-bond acceptors (Lipinski definition) is 5. The first-order chi connectivity index (χ1) is 17.9. The Labute approximate surface area is 226 Å². The van der Waals surface area contributed by atoms with Crippen LogP contribution in [0.4, 0.5) is 11.4 Å². The van der Waals surface area contributed by atoms with Crippen LogP contribution in [0.1, 0.15) is 21.1 Å². The van der Waals surface area contributed by atoms with Gasteiger partial charge in [-0.25, -0.2) is 0 Å². The number of carbonyl (C=O) groups excluding carboxylic acids is 2. The van der Waals surface area contributed by atoms with Crippen molar-refractivity contribution in [3.63, 3.8) is 0 Å². The molecule has 0 aliphatic heterocycles. The zero-order valence-corrected chi connectivity index (χ0v) is 21.2. The Morgan fingerprint density at radius 2 is 1.46 bits per heavy atom. The van der Waals surface area contributed by atoms with Gasteiger partial charge in [0.1, 0.15) is 11.3 Å². The third-order valence-corrected chi connectivity index (χ3v) is 6.07. The molecule has 184 valence electrons. The second-order valence-corrected chi connectivity index (χ2v) is 9.13. The lowest BCUT2D eigenvalue weighted by Crippen LogP contribution is -2.33. The van der Waals surface area contributed by atoms with Crippen LogP contribution in [-0.4, -0.2) is 16.9 Å². The number of hydrogen-bond donors (Lipinski definition) is 3. The molecule has 3 aromatic carbocycles. The van der Waals surface area contributed by atoms with Crippen molar-refractivity contribution < 1.29 is 18.4 Å². The van der Waals surface area contributed by atoms with E-state index in [1.807, 2.05) is 18.2 Å². The molecule has 7 nitrogen and oxygen atoms in total. The Balaban J connectivity index is 1.17. The van der Waals surface area contributed by atoms with E-state index < -0.39 is 5.91 Å². The Bertz CT molecular complexity index is 1610. The maximum atomic E-state index is 12.6. The summed E-state index contributed by atoms with van der Waals surface area (Å²) in [6, 6.07) is 24.0. The van der Waals surface area contributed by atoms with E-state index in [4.69, 9.17) is 44.3 Å². The van der Waals surface area contributed by atoms with E-state index in [2.05, 4.69) is 16.0 Å². The number of para-hydroxylation sites is 1. The maximum Gasteiger partial charge on any atom is 0.293 e. The van der Waals surface area contributed by atoms with Gasteiger partial charge in [0, 0.05) is 27.3 Å². The minimum Gasteiger partial charge on any atom is -0.451 e. The van der Waals surface area contributed by atoms with Crippen LogP contribution in [-0.2, 0) is 0 Å². The third kappa shape index (κ3) is 5.67. The van der Waals surface area contributed by atoms with Gasteiger partial charge in [-0.15, -0.1) is 0 Å². The number of furan rings is 2. The zero-order valence-electron chi connectivity index (χ0n) is 18.9. The predicted octanol–water partition coefficient (Wildman–Crippen LogP) is 7.38. The van der Waals surface area contributed by atoms with Crippen molar-refractivity contribution >= 4 is 74.7 Å². The van der Waals surface area contributed by atoms with Crippen molar-refractivity contribution in [3.05, 3.63) is 106 Å². The number of rotatable bonds is 5. The number of nitrogens with one attached hydrogen (secondary N) is 3. The molecule has 0 saturated heterocycles. The molecule has 2 heterocycles. The highest BCUT2D eigenvalue weighted by atomic mass is 35.5. The van der Waals surface area contributed by atoms with Gasteiger partial charge in [0.05, 0.1) is 5.02 Å². The number of fused-ring (bicyclic) bond motifs is 1. The molecule has 5 aromatic rings. The average molecular weight is 550 g/mol. The van der Waals surface area contributed by atoms with Gasteiger partial charge >= 0.3 is 0 Å². The van der Waals surface area contributed by atoms with E-state index in [-0.39, 0.29) is 22.5 Å². The van der Waals surface area contributed by atoms with Crippen molar-refractivity contribution in [2.45, 2.75) is 0 Å². The van der Waals surface area contributed by atoms with E-state index in [9.17, 15) is 9.59 Å². The van der Waals surface area contributed by atoms with Crippen LogP contribution >= 0.6 is 35.4 Å². The first kappa shape index (κ1) is 24.6. The fraction of sp³-hybridized carbons (Fsp3) is 0. The van der Waals surface area contributed by atoms with Crippen LogP contribution in [0.15, 0.2) is 93.8 Å². The summed E-state index contributed by atoms with van der Waals surface area (Å²) in [6.45, 7) is 0. The fourth-order valence-electron chi connectivity index (χ4n) is 3.54. The second kappa shape index (κ2) is 10.5. The Morgan fingerprint density at radius 1 is 0.730 bits per heavy atom. The number of thiocarbonyl (C=S) groups is 1. The molecule has 10 heteroatoms. The average Bonchev–Trinajstić information content (AvgIpc) is 3.54. The number of carbonyl (C=O) groups is 2. The molecule has 0 saturated carbocycles. The molecule has 37 heavy (non-hydrogen) atoms. The molecule has 2 amide bonds. The highest BCUT2D eigenvalue weighted by Crippen LogP contribution is 2.31. The molecular weight excluding hydrogens is 533 g/mol. The number of amides is 2. The van der Waals surface area contributed by atoms with Gasteiger partial charge in [0.25, 0.3) is 11.8 Å². The van der Waals surface area contributed by atoms with E-state index in [0.717, 1.165) is 5.39 Å². The van der Waals surface area contributed by atoms with Crippen LogP contribution in [0.5, 0.6) is 0 Å². The summed E-state index contributed by atoms with van der Waals surface area (Å²) < 4.78 is 11.2. The predicted molar refractivity (Wildman–Crippen MR) is 148 cm³/mol. The molecule has 3 N–H and O–H groups in total. The van der Waals surface area contributed by atoms with Gasteiger partial charge < -0.3 is 19.5 Å². The quantitative estimate of drug-likeness (QED) is 0.198. The molecule has 0 unspecified atom stereocenters. The van der Waals surface area contributed by atoms with Crippen molar-refractivity contribution in [2.24, 2.45) is 0 Å². The smallest absolute Gasteiger partial charge is 0.293 e. The van der Waals surface area contributed by atoms with Crippen LogP contribution in [0.25, 0.3) is 22.3 Å². The van der Waals surface area contributed by atoms with Crippen LogP contribution < -0.4 is 16.0 Å². The molecule has 0 fully saturated rings. The first-order valence-corrected chi connectivity index (χ1v) is 12.1. The highest BCUT2D eigenvalue weighted by Gasteiger charge is 2.16. The van der Waals surface area contributed by atoms with Gasteiger partial charge in [-0.2, -0.15) is 0 Å². The molecule has 5 rings (SSSR count). The summed E-state index contributed by atoms with van der Waals surface area (Å²) in [5.41, 5.74) is 2.38. The topological polar surface area (TPSA) is 96.5 Å². The van der Waals surface area contributed by atoms with Gasteiger partial charge in [-0.1, -0.05) is 41.4 Å². The largest absolute Gasteiger partial charge is 0.451 e. The lowest BCUT2D eigenvalue weighted by Gasteiger charge is -2.10. The Hall–Kier alpha value is -4.11. The minimum absolute atomic E-state index is 0.0545. The van der Waals surface area contributed by atoms with Crippen LogP contribution in [0.3, 0.4) is 0 Å². The lowest BCUT2D eigenvalue weighted by atomic mass is 10.2. The minimum atomic E-state index is -0.531. The van der Waals surface area contributed by atoms with Gasteiger partial charge in [-0.05, 0) is 78.9 Å². The summed E-state index contributed by atoms with van der Waals surface area (Å²) in [4.78, 5) is 25.1. The fourth-order valence-corrected chi connectivity index (χ4v) is 4.13. The van der Waals surface area contributed by atoms with Crippen molar-refractivity contribution in [3.8, 4) is 11.3 Å². The third-order valence-electron chi connectivity index (χ3n) is 5.30. The zero-order chi connectivity index (χ0) is 25.9. The van der Waals surface area contributed by atoms with Gasteiger partial charge in [0.15, 0.2) is 16.6 Å². The summed E-state index contributed by atoms with van der Waals surface area (Å²) in [5, 5.41) is 10.1. The number of halogens is 2. The molecular formula is C27H17Cl2N3O4S. The van der Waals surface area contributed by atoms with E-state index in [1.54, 1.807) is 60.7 Å². The normalized spacial score (nSPS) is 10.8. The van der Waals surface area contributed by atoms with E-state index in [0.29, 0.717) is 38.3 Å². The summed E-state index contributed by atoms with van der Waals surface area (Å²) in [7, 11) is 0. The first-order valence-electron chi connectivity index (χ1n) is 10.9. The lowest BCUT2D eigenvalue weighted by molar-refractivity contribution is 0.0950. The second-order valence-electron chi connectivity index (χ2n) is 7.88. The van der Waals surface area contributed by atoms with Gasteiger partial charge in [0.2, 0.25) is 0 Å². The standard InChI is InChI=1S/C27H17Cl2N3O4S/c28-16-5-10-20(29)19(14-16)22-11-12-23(36-22)25(33)32-27(37)31-18-8-6-17(7-9-18)30-26(34)24-13-15-3-1-2-4-21(15)35-24/h1-14H,(H,30,34)(H2,31,32,33,37). The molecule has 0 aliphatic carbocycles. The molecule has 0 bridgehead atoms. The monoisotopic (exact) mass is 549 g/mol. The molecule has 0 atom stereocenters. The van der Waals surface area contributed by atoms with Crippen molar-refractivity contribution in [1.29, 1.82) is 0 Å². The number of benzene rings is 3. The summed E-state index contributed by atoms with van der Waals surface area (Å²) >= 11 is 17.5. The molecule has 0 spiro atoms. The van der Waals surface area contributed by atoms with Gasteiger partial charge in [-0.3, -0.25) is 14.9 Å². The maximum absolute atomic E-state index is 12.6. The highest BCUT2D eigenvalue weighted by molar-refractivity contribution is 7.80. The van der Waals surface area contributed by atoms with Crippen molar-refractivity contribution in [2.75, 3.05) is 10.6 Å².